The quantitative estimate of drug-likeness (QED) is 0.850. The highest BCUT2D eigenvalue weighted by Crippen LogP contribution is 2.21. The Kier molecular flexibility index (Phi) is 4.62. The molecule has 0 spiro atoms. The maximum absolute atomic E-state index is 11.5. The molecule has 1 aromatic heterocycles. The first-order valence-electron chi connectivity index (χ1n) is 4.61. The van der Waals surface area contributed by atoms with Crippen LogP contribution in [0.15, 0.2) is 12.1 Å². The lowest BCUT2D eigenvalue weighted by Crippen LogP contribution is -2.38. The van der Waals surface area contributed by atoms with E-state index >= 15 is 0 Å². The molecule has 0 aromatic carbocycles. The molecule has 1 aromatic rings. The van der Waals surface area contributed by atoms with Crippen molar-refractivity contribution >= 4 is 44.8 Å². The molecular formula is C10H13BrClNOS. The fourth-order valence-electron chi connectivity index (χ4n) is 0.996. The lowest BCUT2D eigenvalue weighted by atomic mass is 10.2. The molecule has 0 radical (unpaired) electrons. The van der Waals surface area contributed by atoms with Crippen molar-refractivity contribution in [1.29, 1.82) is 0 Å². The van der Waals surface area contributed by atoms with Crippen LogP contribution in [0.5, 0.6) is 0 Å². The van der Waals surface area contributed by atoms with Crippen LogP contribution in [0.3, 0.4) is 0 Å². The molecule has 1 N–H and O–H groups in total. The first-order valence-corrected chi connectivity index (χ1v) is 6.60. The largest absolute Gasteiger partial charge is 0.355 e. The van der Waals surface area contributed by atoms with Crippen molar-refractivity contribution in [2.45, 2.75) is 24.6 Å². The average molecular weight is 311 g/mol. The van der Waals surface area contributed by atoms with Crippen molar-refractivity contribution in [3.63, 3.8) is 0 Å². The minimum Gasteiger partial charge on any atom is -0.355 e. The summed E-state index contributed by atoms with van der Waals surface area (Å²) in [5.41, 5.74) is 0. The Labute approximate surface area is 107 Å². The first kappa shape index (κ1) is 13.0. The van der Waals surface area contributed by atoms with Gasteiger partial charge in [-0.2, -0.15) is 0 Å². The number of thiophene rings is 1. The molecule has 0 atom stereocenters. The second-order valence-electron chi connectivity index (χ2n) is 3.68. The number of carbonyl (C=O) groups excluding carboxylic acids is 1. The van der Waals surface area contributed by atoms with E-state index in [0.717, 1.165) is 10.8 Å². The summed E-state index contributed by atoms with van der Waals surface area (Å²) in [4.78, 5) is 12.7. The van der Waals surface area contributed by atoms with Crippen LogP contribution >= 0.6 is 38.9 Å². The highest BCUT2D eigenvalue weighted by molar-refractivity contribution is 9.10. The lowest BCUT2D eigenvalue weighted by Gasteiger charge is -2.15. The third kappa shape index (κ3) is 4.53. The standard InChI is InChI=1S/C10H13BrClNOS/c1-10(2,11)9(14)13-6-5-7-3-4-8(12)15-7/h3-4H,5-6H2,1-2H3,(H,13,14). The predicted molar refractivity (Wildman–Crippen MR) is 69.0 cm³/mol. The second-order valence-corrected chi connectivity index (χ2v) is 7.47. The summed E-state index contributed by atoms with van der Waals surface area (Å²) < 4.78 is 0.289. The Morgan fingerprint density at radius 2 is 2.27 bits per heavy atom. The molecular weight excluding hydrogens is 298 g/mol. The minimum atomic E-state index is -0.500. The number of hydrogen-bond donors (Lipinski definition) is 1. The maximum atomic E-state index is 11.5. The number of halogens is 2. The van der Waals surface area contributed by atoms with Gasteiger partial charge in [-0.05, 0) is 32.4 Å². The molecule has 84 valence electrons. The van der Waals surface area contributed by atoms with Gasteiger partial charge in [-0.3, -0.25) is 4.79 Å². The van der Waals surface area contributed by atoms with Gasteiger partial charge in [-0.1, -0.05) is 27.5 Å². The molecule has 1 amide bonds. The lowest BCUT2D eigenvalue weighted by molar-refractivity contribution is -0.122. The van der Waals surface area contributed by atoms with Crippen LogP contribution < -0.4 is 5.32 Å². The summed E-state index contributed by atoms with van der Waals surface area (Å²) in [6, 6.07) is 3.86. The van der Waals surface area contributed by atoms with E-state index in [1.165, 1.54) is 4.88 Å². The Morgan fingerprint density at radius 1 is 1.60 bits per heavy atom. The molecule has 5 heteroatoms. The number of amides is 1. The van der Waals surface area contributed by atoms with Crippen LogP contribution in [0.1, 0.15) is 18.7 Å². The maximum Gasteiger partial charge on any atom is 0.236 e. The summed E-state index contributed by atoms with van der Waals surface area (Å²) in [7, 11) is 0. The summed E-state index contributed by atoms with van der Waals surface area (Å²) in [5, 5.41) is 2.86. The molecule has 0 bridgehead atoms. The van der Waals surface area contributed by atoms with Gasteiger partial charge in [0.1, 0.15) is 0 Å². The van der Waals surface area contributed by atoms with Crippen molar-refractivity contribution < 1.29 is 4.79 Å². The van der Waals surface area contributed by atoms with Crippen LogP contribution in [-0.4, -0.2) is 16.8 Å². The van der Waals surface area contributed by atoms with Crippen LogP contribution in [-0.2, 0) is 11.2 Å². The molecule has 0 fully saturated rings. The monoisotopic (exact) mass is 309 g/mol. The molecule has 1 rings (SSSR count). The molecule has 15 heavy (non-hydrogen) atoms. The van der Waals surface area contributed by atoms with E-state index in [1.54, 1.807) is 11.3 Å². The van der Waals surface area contributed by atoms with E-state index in [1.807, 2.05) is 26.0 Å². The number of nitrogens with one attached hydrogen (secondary N) is 1. The van der Waals surface area contributed by atoms with Gasteiger partial charge < -0.3 is 5.32 Å². The Morgan fingerprint density at radius 3 is 2.73 bits per heavy atom. The van der Waals surface area contributed by atoms with Gasteiger partial charge in [0.2, 0.25) is 5.91 Å². The first-order chi connectivity index (χ1) is 6.89. The Hall–Kier alpha value is -0.0600. The van der Waals surface area contributed by atoms with Crippen LogP contribution in [0.25, 0.3) is 0 Å². The number of rotatable bonds is 4. The van der Waals surface area contributed by atoms with E-state index in [-0.39, 0.29) is 5.91 Å². The van der Waals surface area contributed by atoms with E-state index < -0.39 is 4.32 Å². The highest BCUT2D eigenvalue weighted by atomic mass is 79.9. The third-order valence-electron chi connectivity index (χ3n) is 1.83. The fourth-order valence-corrected chi connectivity index (χ4v) is 2.22. The highest BCUT2D eigenvalue weighted by Gasteiger charge is 2.22. The third-order valence-corrected chi connectivity index (χ3v) is 3.48. The van der Waals surface area contributed by atoms with Crippen molar-refractivity contribution in [3.05, 3.63) is 21.3 Å². The van der Waals surface area contributed by atoms with Gasteiger partial charge in [-0.25, -0.2) is 0 Å². The van der Waals surface area contributed by atoms with Gasteiger partial charge in [0.05, 0.1) is 8.66 Å². The predicted octanol–water partition coefficient (Wildman–Crippen LogP) is 3.23. The number of alkyl halides is 1. The smallest absolute Gasteiger partial charge is 0.236 e. The summed E-state index contributed by atoms with van der Waals surface area (Å²) in [6.07, 6.45) is 0.826. The van der Waals surface area contributed by atoms with Gasteiger partial charge in [0.15, 0.2) is 0 Å². The van der Waals surface area contributed by atoms with E-state index in [0.29, 0.717) is 6.54 Å². The van der Waals surface area contributed by atoms with Gasteiger partial charge in [0, 0.05) is 11.4 Å². The Bertz CT molecular complexity index is 345. The summed E-state index contributed by atoms with van der Waals surface area (Å²) >= 11 is 10.7. The zero-order chi connectivity index (χ0) is 11.5. The molecule has 0 aliphatic rings. The van der Waals surface area contributed by atoms with Gasteiger partial charge in [0.25, 0.3) is 0 Å². The molecule has 0 aliphatic heterocycles. The van der Waals surface area contributed by atoms with Crippen LogP contribution in [0.4, 0.5) is 0 Å². The molecule has 0 saturated carbocycles. The van der Waals surface area contributed by atoms with Crippen LogP contribution in [0, 0.1) is 0 Å². The number of carbonyl (C=O) groups is 1. The summed E-state index contributed by atoms with van der Waals surface area (Å²) in [6.45, 7) is 4.29. The normalized spacial score (nSPS) is 11.5. The number of hydrogen-bond acceptors (Lipinski definition) is 2. The molecule has 0 aliphatic carbocycles. The van der Waals surface area contributed by atoms with Crippen molar-refractivity contribution in [1.82, 2.24) is 5.32 Å². The zero-order valence-electron chi connectivity index (χ0n) is 8.64. The second kappa shape index (κ2) is 5.32. The average Bonchev–Trinajstić information content (AvgIpc) is 2.49. The Balaban J connectivity index is 2.31. The van der Waals surface area contributed by atoms with E-state index in [4.69, 9.17) is 11.6 Å². The van der Waals surface area contributed by atoms with E-state index in [2.05, 4.69) is 21.2 Å². The van der Waals surface area contributed by atoms with Crippen molar-refractivity contribution in [2.24, 2.45) is 0 Å². The van der Waals surface area contributed by atoms with Crippen LogP contribution in [0.2, 0.25) is 4.34 Å². The fraction of sp³-hybridized carbons (Fsp3) is 0.500. The molecule has 0 unspecified atom stereocenters. The van der Waals surface area contributed by atoms with E-state index in [9.17, 15) is 4.79 Å². The SMILES string of the molecule is CC(C)(Br)C(=O)NCCc1ccc(Cl)s1. The van der Waals surface area contributed by atoms with Gasteiger partial charge in [-0.15, -0.1) is 11.3 Å². The molecule has 1 heterocycles. The molecule has 2 nitrogen and oxygen atoms in total. The van der Waals surface area contributed by atoms with Crippen molar-refractivity contribution in [3.8, 4) is 0 Å². The topological polar surface area (TPSA) is 29.1 Å². The molecule has 0 saturated heterocycles. The summed E-state index contributed by atoms with van der Waals surface area (Å²) in [5.74, 6) is 0.00477. The minimum absolute atomic E-state index is 0.00477. The zero-order valence-corrected chi connectivity index (χ0v) is 11.8. The van der Waals surface area contributed by atoms with Crippen molar-refractivity contribution in [2.75, 3.05) is 6.54 Å². The van der Waals surface area contributed by atoms with Gasteiger partial charge >= 0.3 is 0 Å².